The van der Waals surface area contributed by atoms with Crippen molar-refractivity contribution in [2.45, 2.75) is 26.1 Å². The molecule has 0 bridgehead atoms. The van der Waals surface area contributed by atoms with Crippen molar-refractivity contribution in [2.75, 3.05) is 11.9 Å². The maximum atomic E-state index is 12.9. The largest absolute Gasteiger partial charge is 0.418 e. The van der Waals surface area contributed by atoms with Crippen molar-refractivity contribution in [2.24, 2.45) is 0 Å². The molecule has 0 aromatic heterocycles. The van der Waals surface area contributed by atoms with Crippen LogP contribution in [-0.4, -0.2) is 12.5 Å². The summed E-state index contributed by atoms with van der Waals surface area (Å²) in [6.45, 7) is 2.98. The number of halogens is 3. The first kappa shape index (κ1) is 18.0. The number of para-hydroxylation sites is 1. The first-order chi connectivity index (χ1) is 11.4. The summed E-state index contributed by atoms with van der Waals surface area (Å²) in [5, 5.41) is 5.43. The molecule has 2 aromatic carbocycles. The first-order valence-electron chi connectivity index (χ1n) is 7.58. The Morgan fingerprint density at radius 2 is 1.83 bits per heavy atom. The fourth-order valence-electron chi connectivity index (χ4n) is 2.31. The molecule has 0 radical (unpaired) electrons. The molecule has 1 amide bonds. The van der Waals surface area contributed by atoms with Crippen LogP contribution >= 0.6 is 0 Å². The zero-order valence-electron chi connectivity index (χ0n) is 13.3. The number of benzene rings is 2. The molecule has 0 unspecified atom stereocenters. The molecular formula is C18H19F3N2O. The molecule has 0 atom stereocenters. The zero-order chi connectivity index (χ0) is 17.6. The third-order valence-electron chi connectivity index (χ3n) is 3.45. The molecule has 24 heavy (non-hydrogen) atoms. The van der Waals surface area contributed by atoms with Gasteiger partial charge in [-0.15, -0.1) is 0 Å². The number of carbonyl (C=O) groups excluding carboxylic acids is 1. The fourth-order valence-corrected chi connectivity index (χ4v) is 2.31. The lowest BCUT2D eigenvalue weighted by atomic mass is 10.1. The minimum absolute atomic E-state index is 0.0952. The Labute approximate surface area is 138 Å². The van der Waals surface area contributed by atoms with Gasteiger partial charge in [0, 0.05) is 19.5 Å². The van der Waals surface area contributed by atoms with E-state index in [0.29, 0.717) is 13.1 Å². The molecular weight excluding hydrogens is 317 g/mol. The van der Waals surface area contributed by atoms with Crippen LogP contribution in [0.2, 0.25) is 0 Å². The predicted molar refractivity (Wildman–Crippen MR) is 87.6 cm³/mol. The van der Waals surface area contributed by atoms with Crippen LogP contribution in [0.15, 0.2) is 48.5 Å². The molecule has 2 rings (SSSR count). The lowest BCUT2D eigenvalue weighted by Crippen LogP contribution is -2.22. The lowest BCUT2D eigenvalue weighted by molar-refractivity contribution is -0.137. The molecule has 0 spiro atoms. The number of amides is 1. The van der Waals surface area contributed by atoms with E-state index in [4.69, 9.17) is 0 Å². The van der Waals surface area contributed by atoms with Crippen LogP contribution in [0, 0.1) is 6.92 Å². The van der Waals surface area contributed by atoms with Gasteiger partial charge in [-0.1, -0.05) is 42.0 Å². The highest BCUT2D eigenvalue weighted by Gasteiger charge is 2.33. The Bertz CT molecular complexity index is 699. The predicted octanol–water partition coefficient (Wildman–Crippen LogP) is 4.13. The maximum absolute atomic E-state index is 12.9. The number of anilines is 1. The van der Waals surface area contributed by atoms with Crippen LogP contribution in [0.1, 0.15) is 23.1 Å². The van der Waals surface area contributed by atoms with E-state index in [9.17, 15) is 18.0 Å². The molecule has 0 saturated carbocycles. The van der Waals surface area contributed by atoms with Gasteiger partial charge in [-0.05, 0) is 24.6 Å². The van der Waals surface area contributed by atoms with Crippen molar-refractivity contribution in [1.29, 1.82) is 0 Å². The van der Waals surface area contributed by atoms with Crippen molar-refractivity contribution in [3.8, 4) is 0 Å². The Hall–Kier alpha value is -2.34. The topological polar surface area (TPSA) is 41.1 Å². The summed E-state index contributed by atoms with van der Waals surface area (Å²) >= 11 is 0. The standard InChI is InChI=1S/C18H19F3N2O/c1-13-5-4-6-14(11-13)12-22-10-9-17(24)23-16-8-3-2-7-15(16)18(19,20)21/h2-8,11,22H,9-10,12H2,1H3,(H,23,24). The third kappa shape index (κ3) is 5.38. The molecule has 0 saturated heterocycles. The average molecular weight is 336 g/mol. The van der Waals surface area contributed by atoms with E-state index in [-0.39, 0.29) is 12.1 Å². The smallest absolute Gasteiger partial charge is 0.325 e. The number of carbonyl (C=O) groups is 1. The van der Waals surface area contributed by atoms with Gasteiger partial charge < -0.3 is 10.6 Å². The fraction of sp³-hybridized carbons (Fsp3) is 0.278. The van der Waals surface area contributed by atoms with Crippen LogP contribution < -0.4 is 10.6 Å². The van der Waals surface area contributed by atoms with Gasteiger partial charge in [0.2, 0.25) is 5.91 Å². The molecule has 2 N–H and O–H groups in total. The minimum Gasteiger partial charge on any atom is -0.325 e. The van der Waals surface area contributed by atoms with Gasteiger partial charge in [-0.2, -0.15) is 13.2 Å². The average Bonchev–Trinajstić information content (AvgIpc) is 2.51. The minimum atomic E-state index is -4.49. The summed E-state index contributed by atoms with van der Waals surface area (Å²) < 4.78 is 38.6. The second kappa shape index (κ2) is 7.97. The van der Waals surface area contributed by atoms with Gasteiger partial charge in [-0.25, -0.2) is 0 Å². The second-order valence-electron chi connectivity index (χ2n) is 5.51. The maximum Gasteiger partial charge on any atom is 0.418 e. The number of hydrogen-bond donors (Lipinski definition) is 2. The van der Waals surface area contributed by atoms with E-state index in [1.165, 1.54) is 18.2 Å². The van der Waals surface area contributed by atoms with E-state index < -0.39 is 17.6 Å². The van der Waals surface area contributed by atoms with Gasteiger partial charge in [0.05, 0.1) is 11.3 Å². The molecule has 3 nitrogen and oxygen atoms in total. The highest BCUT2D eigenvalue weighted by Crippen LogP contribution is 2.34. The van der Waals surface area contributed by atoms with Crippen LogP contribution in [-0.2, 0) is 17.5 Å². The third-order valence-corrected chi connectivity index (χ3v) is 3.45. The Kier molecular flexibility index (Phi) is 5.98. The monoisotopic (exact) mass is 336 g/mol. The molecule has 0 aliphatic rings. The summed E-state index contributed by atoms with van der Waals surface area (Å²) in [6, 6.07) is 12.9. The summed E-state index contributed by atoms with van der Waals surface area (Å²) in [6.07, 6.45) is -4.40. The van der Waals surface area contributed by atoms with Crippen LogP contribution in [0.25, 0.3) is 0 Å². The molecule has 0 heterocycles. The summed E-state index contributed by atoms with van der Waals surface area (Å²) in [4.78, 5) is 11.8. The number of aryl methyl sites for hydroxylation is 1. The lowest BCUT2D eigenvalue weighted by Gasteiger charge is -2.13. The molecule has 0 aliphatic carbocycles. The van der Waals surface area contributed by atoms with Gasteiger partial charge in [0.25, 0.3) is 0 Å². The summed E-state index contributed by atoms with van der Waals surface area (Å²) in [5.74, 6) is -0.455. The molecule has 6 heteroatoms. The van der Waals surface area contributed by atoms with Crippen molar-refractivity contribution in [3.63, 3.8) is 0 Å². The summed E-state index contributed by atoms with van der Waals surface area (Å²) in [5.41, 5.74) is 1.19. The number of rotatable bonds is 6. The zero-order valence-corrected chi connectivity index (χ0v) is 13.3. The second-order valence-corrected chi connectivity index (χ2v) is 5.51. The Morgan fingerprint density at radius 1 is 1.08 bits per heavy atom. The van der Waals surface area contributed by atoms with E-state index >= 15 is 0 Å². The van der Waals surface area contributed by atoms with Gasteiger partial charge in [-0.3, -0.25) is 4.79 Å². The van der Waals surface area contributed by atoms with Gasteiger partial charge in [0.1, 0.15) is 0 Å². The molecule has 128 valence electrons. The van der Waals surface area contributed by atoms with Crippen LogP contribution in [0.4, 0.5) is 18.9 Å². The Balaban J connectivity index is 1.82. The molecule has 0 fully saturated rings. The highest BCUT2D eigenvalue weighted by molar-refractivity contribution is 5.91. The summed E-state index contributed by atoms with van der Waals surface area (Å²) in [7, 11) is 0. The van der Waals surface area contributed by atoms with E-state index in [0.717, 1.165) is 17.2 Å². The van der Waals surface area contributed by atoms with E-state index in [1.54, 1.807) is 0 Å². The van der Waals surface area contributed by atoms with Crippen molar-refractivity contribution < 1.29 is 18.0 Å². The SMILES string of the molecule is Cc1cccc(CNCCC(=O)Nc2ccccc2C(F)(F)F)c1. The van der Waals surface area contributed by atoms with Crippen LogP contribution in [0.5, 0.6) is 0 Å². The number of nitrogens with one attached hydrogen (secondary N) is 2. The normalized spacial score (nSPS) is 11.3. The van der Waals surface area contributed by atoms with Gasteiger partial charge in [0.15, 0.2) is 0 Å². The van der Waals surface area contributed by atoms with Crippen molar-refractivity contribution in [3.05, 3.63) is 65.2 Å². The highest BCUT2D eigenvalue weighted by atomic mass is 19.4. The van der Waals surface area contributed by atoms with E-state index in [1.807, 2.05) is 31.2 Å². The number of alkyl halides is 3. The Morgan fingerprint density at radius 3 is 2.54 bits per heavy atom. The molecule has 2 aromatic rings. The quantitative estimate of drug-likeness (QED) is 0.779. The van der Waals surface area contributed by atoms with E-state index in [2.05, 4.69) is 10.6 Å². The van der Waals surface area contributed by atoms with Gasteiger partial charge >= 0.3 is 6.18 Å². The van der Waals surface area contributed by atoms with Crippen LogP contribution in [0.3, 0.4) is 0 Å². The van der Waals surface area contributed by atoms with Crippen molar-refractivity contribution in [1.82, 2.24) is 5.32 Å². The first-order valence-corrected chi connectivity index (χ1v) is 7.58. The number of hydrogen-bond acceptors (Lipinski definition) is 2. The van der Waals surface area contributed by atoms with Crippen molar-refractivity contribution >= 4 is 11.6 Å². The molecule has 0 aliphatic heterocycles.